The standard InChI is InChI=1S/C17H12BrFO2/c18-17-15-4-2-1-3-12(15)5-6-16(17)21-14-8-11(10-20)7-13(19)9-14/h1-9,20H,10H2. The Morgan fingerprint density at radius 2 is 1.86 bits per heavy atom. The number of fused-ring (bicyclic) bond motifs is 1. The minimum Gasteiger partial charge on any atom is -0.456 e. The van der Waals surface area contributed by atoms with Gasteiger partial charge in [-0.2, -0.15) is 0 Å². The maximum absolute atomic E-state index is 13.5. The van der Waals surface area contributed by atoms with E-state index in [1.54, 1.807) is 6.07 Å². The molecule has 106 valence electrons. The van der Waals surface area contributed by atoms with Crippen molar-refractivity contribution in [3.63, 3.8) is 0 Å². The van der Waals surface area contributed by atoms with Gasteiger partial charge in [0.15, 0.2) is 0 Å². The summed E-state index contributed by atoms with van der Waals surface area (Å²) in [6.07, 6.45) is 0. The molecular weight excluding hydrogens is 335 g/mol. The molecule has 2 nitrogen and oxygen atoms in total. The molecule has 1 N–H and O–H groups in total. The van der Waals surface area contributed by atoms with Crippen molar-refractivity contribution in [2.45, 2.75) is 6.61 Å². The summed E-state index contributed by atoms with van der Waals surface area (Å²) < 4.78 is 20.0. The maximum Gasteiger partial charge on any atom is 0.142 e. The van der Waals surface area contributed by atoms with Gasteiger partial charge in [0.1, 0.15) is 17.3 Å². The molecule has 0 heterocycles. The van der Waals surface area contributed by atoms with Crippen LogP contribution >= 0.6 is 15.9 Å². The Morgan fingerprint density at radius 1 is 1.05 bits per heavy atom. The molecule has 0 fully saturated rings. The third-order valence-electron chi connectivity index (χ3n) is 3.17. The molecule has 0 atom stereocenters. The molecule has 0 unspecified atom stereocenters. The molecule has 0 aliphatic heterocycles. The Kier molecular flexibility index (Phi) is 3.90. The van der Waals surface area contributed by atoms with E-state index in [1.165, 1.54) is 12.1 Å². The number of rotatable bonds is 3. The number of benzene rings is 3. The first-order valence-corrected chi connectivity index (χ1v) is 7.22. The zero-order valence-corrected chi connectivity index (χ0v) is 12.6. The summed E-state index contributed by atoms with van der Waals surface area (Å²) in [5.74, 6) is 0.520. The molecule has 0 aromatic heterocycles. The molecule has 3 rings (SSSR count). The smallest absolute Gasteiger partial charge is 0.142 e. The third-order valence-corrected chi connectivity index (χ3v) is 3.99. The van der Waals surface area contributed by atoms with Crippen LogP contribution in [0.3, 0.4) is 0 Å². The average Bonchev–Trinajstić information content (AvgIpc) is 2.50. The summed E-state index contributed by atoms with van der Waals surface area (Å²) in [5, 5.41) is 11.2. The van der Waals surface area contributed by atoms with Crippen molar-refractivity contribution in [3.8, 4) is 11.5 Å². The van der Waals surface area contributed by atoms with Crippen LogP contribution in [0.1, 0.15) is 5.56 Å². The van der Waals surface area contributed by atoms with Crippen LogP contribution in [-0.2, 0) is 6.61 Å². The van der Waals surface area contributed by atoms with Crippen LogP contribution in [0.25, 0.3) is 10.8 Å². The highest BCUT2D eigenvalue weighted by molar-refractivity contribution is 9.10. The number of hydrogen-bond donors (Lipinski definition) is 1. The third kappa shape index (κ3) is 2.91. The number of hydrogen-bond acceptors (Lipinski definition) is 2. The maximum atomic E-state index is 13.5. The van der Waals surface area contributed by atoms with Crippen molar-refractivity contribution in [1.29, 1.82) is 0 Å². The number of halogens is 2. The topological polar surface area (TPSA) is 29.5 Å². The van der Waals surface area contributed by atoms with E-state index in [2.05, 4.69) is 15.9 Å². The molecule has 0 spiro atoms. The number of aliphatic hydroxyl groups is 1. The molecule has 3 aromatic carbocycles. The van der Waals surface area contributed by atoms with Crippen molar-refractivity contribution in [2.75, 3.05) is 0 Å². The normalized spacial score (nSPS) is 10.8. The van der Waals surface area contributed by atoms with Crippen molar-refractivity contribution in [3.05, 3.63) is 70.5 Å². The lowest BCUT2D eigenvalue weighted by Gasteiger charge is -2.11. The SMILES string of the molecule is OCc1cc(F)cc(Oc2ccc3ccccc3c2Br)c1. The van der Waals surface area contributed by atoms with Crippen LogP contribution in [-0.4, -0.2) is 5.11 Å². The highest BCUT2D eigenvalue weighted by Crippen LogP contribution is 2.36. The zero-order chi connectivity index (χ0) is 14.8. The van der Waals surface area contributed by atoms with Crippen LogP contribution in [0.15, 0.2) is 59.1 Å². The van der Waals surface area contributed by atoms with Gasteiger partial charge in [0, 0.05) is 6.07 Å². The summed E-state index contributed by atoms with van der Waals surface area (Å²) in [5.41, 5.74) is 0.474. The second-order valence-electron chi connectivity index (χ2n) is 4.65. The highest BCUT2D eigenvalue weighted by Gasteiger charge is 2.08. The molecule has 0 aliphatic carbocycles. The van der Waals surface area contributed by atoms with Crippen molar-refractivity contribution in [1.82, 2.24) is 0 Å². The van der Waals surface area contributed by atoms with Crippen LogP contribution < -0.4 is 4.74 Å². The predicted octanol–water partition coefficient (Wildman–Crippen LogP) is 5.03. The quantitative estimate of drug-likeness (QED) is 0.720. The summed E-state index contributed by atoms with van der Waals surface area (Å²) in [7, 11) is 0. The average molecular weight is 347 g/mol. The number of ether oxygens (including phenoxy) is 1. The summed E-state index contributed by atoms with van der Waals surface area (Å²) in [6.45, 7) is -0.229. The molecule has 0 bridgehead atoms. The van der Waals surface area contributed by atoms with E-state index in [9.17, 15) is 4.39 Å². The van der Waals surface area contributed by atoms with Crippen LogP contribution in [0.2, 0.25) is 0 Å². The molecule has 0 amide bonds. The van der Waals surface area contributed by atoms with E-state index in [1.807, 2.05) is 36.4 Å². The molecule has 21 heavy (non-hydrogen) atoms. The first-order chi connectivity index (χ1) is 10.2. The summed E-state index contributed by atoms with van der Waals surface area (Å²) in [4.78, 5) is 0. The van der Waals surface area contributed by atoms with Crippen molar-refractivity contribution in [2.24, 2.45) is 0 Å². The van der Waals surface area contributed by atoms with Gasteiger partial charge in [0.05, 0.1) is 11.1 Å². The van der Waals surface area contributed by atoms with Crippen molar-refractivity contribution < 1.29 is 14.2 Å². The van der Waals surface area contributed by atoms with Gasteiger partial charge in [-0.15, -0.1) is 0 Å². The zero-order valence-electron chi connectivity index (χ0n) is 11.0. The van der Waals surface area contributed by atoms with Crippen LogP contribution in [0.4, 0.5) is 4.39 Å². The van der Waals surface area contributed by atoms with Gasteiger partial charge in [-0.3, -0.25) is 0 Å². The fourth-order valence-corrected chi connectivity index (χ4v) is 2.76. The van der Waals surface area contributed by atoms with Gasteiger partial charge in [-0.05, 0) is 50.5 Å². The fourth-order valence-electron chi connectivity index (χ4n) is 2.19. The molecular formula is C17H12BrFO2. The van der Waals surface area contributed by atoms with Crippen LogP contribution in [0.5, 0.6) is 11.5 Å². The molecule has 0 saturated heterocycles. The largest absolute Gasteiger partial charge is 0.456 e. The predicted molar refractivity (Wildman–Crippen MR) is 84.0 cm³/mol. The Labute approximate surface area is 129 Å². The van der Waals surface area contributed by atoms with Gasteiger partial charge in [0.2, 0.25) is 0 Å². The van der Waals surface area contributed by atoms with E-state index in [0.717, 1.165) is 15.2 Å². The second kappa shape index (κ2) is 5.84. The molecule has 3 aromatic rings. The summed E-state index contributed by atoms with van der Waals surface area (Å²) in [6, 6.07) is 15.9. The Bertz CT molecular complexity index is 802. The lowest BCUT2D eigenvalue weighted by atomic mass is 10.1. The molecule has 4 heteroatoms. The second-order valence-corrected chi connectivity index (χ2v) is 5.45. The Balaban J connectivity index is 2.02. The molecule has 0 saturated carbocycles. The van der Waals surface area contributed by atoms with E-state index in [-0.39, 0.29) is 6.61 Å². The molecule has 0 radical (unpaired) electrons. The van der Waals surface area contributed by atoms with E-state index in [0.29, 0.717) is 17.1 Å². The van der Waals surface area contributed by atoms with E-state index >= 15 is 0 Å². The van der Waals surface area contributed by atoms with Gasteiger partial charge < -0.3 is 9.84 Å². The van der Waals surface area contributed by atoms with Gasteiger partial charge >= 0.3 is 0 Å². The monoisotopic (exact) mass is 346 g/mol. The van der Waals surface area contributed by atoms with E-state index in [4.69, 9.17) is 9.84 Å². The Hall–Kier alpha value is -1.91. The van der Waals surface area contributed by atoms with Crippen LogP contribution in [0, 0.1) is 5.82 Å². The molecule has 0 aliphatic rings. The number of aliphatic hydroxyl groups excluding tert-OH is 1. The summed E-state index contributed by atoms with van der Waals surface area (Å²) >= 11 is 3.53. The highest BCUT2D eigenvalue weighted by atomic mass is 79.9. The first-order valence-electron chi connectivity index (χ1n) is 6.43. The minimum atomic E-state index is -0.437. The fraction of sp³-hybridized carbons (Fsp3) is 0.0588. The van der Waals surface area contributed by atoms with E-state index < -0.39 is 5.82 Å². The van der Waals surface area contributed by atoms with Gasteiger partial charge in [-0.1, -0.05) is 30.3 Å². The lowest BCUT2D eigenvalue weighted by molar-refractivity contribution is 0.280. The minimum absolute atomic E-state index is 0.229. The van der Waals surface area contributed by atoms with Gasteiger partial charge in [0.25, 0.3) is 0 Å². The lowest BCUT2D eigenvalue weighted by Crippen LogP contribution is -1.91. The van der Waals surface area contributed by atoms with Crippen molar-refractivity contribution >= 4 is 26.7 Å². The first kappa shape index (κ1) is 14.0. The Morgan fingerprint density at radius 3 is 2.67 bits per heavy atom. The van der Waals surface area contributed by atoms with Gasteiger partial charge in [-0.25, -0.2) is 4.39 Å².